The van der Waals surface area contributed by atoms with Crippen LogP contribution >= 0.6 is 0 Å². The Bertz CT molecular complexity index is 842. The van der Waals surface area contributed by atoms with Crippen LogP contribution in [0.25, 0.3) is 0 Å². The molecule has 2 atom stereocenters. The van der Waals surface area contributed by atoms with Crippen molar-refractivity contribution in [2.75, 3.05) is 46.3 Å². The van der Waals surface area contributed by atoms with E-state index < -0.39 is 0 Å². The molecule has 0 aliphatic carbocycles. The molecule has 0 aliphatic heterocycles. The van der Waals surface area contributed by atoms with Crippen molar-refractivity contribution in [2.24, 2.45) is 0 Å². The second-order valence-corrected chi connectivity index (χ2v) is 7.47. The van der Waals surface area contributed by atoms with E-state index in [0.29, 0.717) is 17.9 Å². The summed E-state index contributed by atoms with van der Waals surface area (Å²) in [4.78, 5) is 25.9. The van der Waals surface area contributed by atoms with Crippen LogP contribution in [0.5, 0.6) is 5.75 Å². The molecule has 0 radical (unpaired) electrons. The van der Waals surface area contributed by atoms with E-state index in [-0.39, 0.29) is 30.8 Å². The number of carbonyl (C=O) groups excluding carboxylic acids is 2. The lowest BCUT2D eigenvalue weighted by Crippen LogP contribution is -3.11. The van der Waals surface area contributed by atoms with Gasteiger partial charge < -0.3 is 24.3 Å². The summed E-state index contributed by atoms with van der Waals surface area (Å²) in [5, 5.41) is 2.85. The van der Waals surface area contributed by atoms with Gasteiger partial charge in [-0.2, -0.15) is 0 Å². The summed E-state index contributed by atoms with van der Waals surface area (Å²) in [6, 6.07) is 9.23. The molecule has 1 unspecified atom stereocenters. The number of likely N-dealkylation sites (N-methyl/N-ethyl adjacent to an activating group) is 1. The number of ether oxygens (including phenoxy) is 2. The van der Waals surface area contributed by atoms with Crippen LogP contribution in [0.15, 0.2) is 30.3 Å². The number of aryl methyl sites for hydroxylation is 1. The Morgan fingerprint density at radius 1 is 1.14 bits per heavy atom. The number of aromatic nitrogens is 1. The van der Waals surface area contributed by atoms with Gasteiger partial charge in [0.2, 0.25) is 5.78 Å². The second kappa shape index (κ2) is 10.2. The Morgan fingerprint density at radius 2 is 1.79 bits per heavy atom. The van der Waals surface area contributed by atoms with Gasteiger partial charge in [-0.1, -0.05) is 0 Å². The van der Waals surface area contributed by atoms with Crippen LogP contribution < -0.4 is 15.0 Å². The number of benzene rings is 1. The van der Waals surface area contributed by atoms with Gasteiger partial charge in [-0.25, -0.2) is 0 Å². The average Bonchev–Trinajstić information content (AvgIpc) is 2.96. The maximum absolute atomic E-state index is 12.8. The summed E-state index contributed by atoms with van der Waals surface area (Å²) in [6.45, 7) is 7.06. The number of nitrogens with one attached hydrogen (secondary N) is 2. The predicted octanol–water partition coefficient (Wildman–Crippen LogP) is 1.66. The van der Waals surface area contributed by atoms with E-state index in [1.54, 1.807) is 38.5 Å². The number of methoxy groups -OCH3 is 2. The van der Waals surface area contributed by atoms with Crippen molar-refractivity contribution in [3.05, 3.63) is 47.3 Å². The van der Waals surface area contributed by atoms with Gasteiger partial charge in [-0.15, -0.1) is 0 Å². The Labute approximate surface area is 172 Å². The fourth-order valence-corrected chi connectivity index (χ4v) is 3.64. The molecule has 2 N–H and O–H groups in total. The normalized spacial score (nSPS) is 13.0. The van der Waals surface area contributed by atoms with Crippen LogP contribution in [0.4, 0.5) is 5.69 Å². The molecule has 29 heavy (non-hydrogen) atoms. The first-order chi connectivity index (χ1) is 13.8. The number of hydrogen-bond donors (Lipinski definition) is 2. The van der Waals surface area contributed by atoms with E-state index in [1.165, 1.54) is 0 Å². The van der Waals surface area contributed by atoms with Crippen molar-refractivity contribution >= 4 is 17.4 Å². The molecular formula is C22H32N3O4+. The molecule has 7 nitrogen and oxygen atoms in total. The van der Waals surface area contributed by atoms with Gasteiger partial charge in [0.1, 0.15) is 12.3 Å². The molecule has 0 spiro atoms. The highest BCUT2D eigenvalue weighted by molar-refractivity contribution is 5.98. The highest BCUT2D eigenvalue weighted by Crippen LogP contribution is 2.21. The lowest BCUT2D eigenvalue weighted by molar-refractivity contribution is -0.861. The zero-order valence-electron chi connectivity index (χ0n) is 18.2. The van der Waals surface area contributed by atoms with Crippen LogP contribution in [-0.2, 0) is 9.53 Å². The first kappa shape index (κ1) is 22.6. The lowest BCUT2D eigenvalue weighted by atomic mass is 10.1. The Balaban J connectivity index is 1.96. The molecule has 7 heteroatoms. The summed E-state index contributed by atoms with van der Waals surface area (Å²) in [7, 11) is 5.11. The molecule has 2 aromatic rings. The number of quaternary nitrogens is 1. The summed E-state index contributed by atoms with van der Waals surface area (Å²) in [5.41, 5.74) is 3.38. The van der Waals surface area contributed by atoms with Gasteiger partial charge in [0.25, 0.3) is 5.91 Å². The summed E-state index contributed by atoms with van der Waals surface area (Å²) < 4.78 is 12.5. The van der Waals surface area contributed by atoms with Crippen molar-refractivity contribution in [1.29, 1.82) is 0 Å². The average molecular weight is 403 g/mol. The molecule has 2 rings (SSSR count). The van der Waals surface area contributed by atoms with Crippen LogP contribution in [0, 0.1) is 13.8 Å². The molecule has 0 saturated carbocycles. The zero-order valence-corrected chi connectivity index (χ0v) is 18.2. The van der Waals surface area contributed by atoms with Gasteiger partial charge in [0.05, 0.1) is 26.8 Å². The van der Waals surface area contributed by atoms with Crippen molar-refractivity contribution in [1.82, 2.24) is 4.57 Å². The molecule has 1 heterocycles. The smallest absolute Gasteiger partial charge is 0.279 e. The largest absolute Gasteiger partial charge is 0.497 e. The van der Waals surface area contributed by atoms with E-state index in [4.69, 9.17) is 9.47 Å². The lowest BCUT2D eigenvalue weighted by Gasteiger charge is -2.18. The monoisotopic (exact) mass is 402 g/mol. The van der Waals surface area contributed by atoms with Gasteiger partial charge in [0, 0.05) is 29.7 Å². The molecule has 158 valence electrons. The minimum Gasteiger partial charge on any atom is -0.497 e. The van der Waals surface area contributed by atoms with Crippen LogP contribution in [-0.4, -0.2) is 57.2 Å². The van der Waals surface area contributed by atoms with E-state index in [0.717, 1.165) is 22.0 Å². The van der Waals surface area contributed by atoms with Crippen molar-refractivity contribution in [2.45, 2.75) is 26.8 Å². The number of hydrogen-bond acceptors (Lipinski definition) is 4. The molecule has 0 fully saturated rings. The number of nitrogens with zero attached hydrogens (tertiary/aromatic N) is 1. The highest BCUT2D eigenvalue weighted by Gasteiger charge is 2.22. The summed E-state index contributed by atoms with van der Waals surface area (Å²) in [6.07, 6.45) is 0. The molecule has 1 aromatic heterocycles. The van der Waals surface area contributed by atoms with Gasteiger partial charge in [0.15, 0.2) is 6.54 Å². The quantitative estimate of drug-likeness (QED) is 0.593. The van der Waals surface area contributed by atoms with E-state index in [9.17, 15) is 9.59 Å². The topological polar surface area (TPSA) is 74.0 Å². The summed E-state index contributed by atoms with van der Waals surface area (Å²) >= 11 is 0. The second-order valence-electron chi connectivity index (χ2n) is 7.47. The number of anilines is 1. The van der Waals surface area contributed by atoms with Crippen molar-refractivity contribution in [3.63, 3.8) is 0 Å². The first-order valence-corrected chi connectivity index (χ1v) is 9.72. The molecule has 0 bridgehead atoms. The first-order valence-electron chi connectivity index (χ1n) is 9.72. The number of amides is 1. The van der Waals surface area contributed by atoms with Gasteiger partial charge >= 0.3 is 0 Å². The van der Waals surface area contributed by atoms with Crippen molar-refractivity contribution < 1.29 is 24.0 Å². The third-order valence-electron chi connectivity index (χ3n) is 4.93. The van der Waals surface area contributed by atoms with Gasteiger partial charge in [-0.3, -0.25) is 9.59 Å². The zero-order chi connectivity index (χ0) is 21.6. The Morgan fingerprint density at radius 3 is 2.38 bits per heavy atom. The van der Waals surface area contributed by atoms with Crippen LogP contribution in [0.2, 0.25) is 0 Å². The summed E-state index contributed by atoms with van der Waals surface area (Å²) in [5.74, 6) is 0.622. The maximum Gasteiger partial charge on any atom is 0.279 e. The van der Waals surface area contributed by atoms with E-state index in [2.05, 4.69) is 16.8 Å². The minimum atomic E-state index is -0.139. The van der Waals surface area contributed by atoms with Crippen LogP contribution in [0.3, 0.4) is 0 Å². The highest BCUT2D eigenvalue weighted by atomic mass is 16.5. The molecule has 1 aromatic carbocycles. The Kier molecular flexibility index (Phi) is 7.99. The van der Waals surface area contributed by atoms with E-state index >= 15 is 0 Å². The Hall–Kier alpha value is -2.64. The molecule has 0 saturated heterocycles. The standard InChI is InChI=1S/C22H31N3O4/c1-15-11-20(17(3)25(15)16(2)14-28-5)21(26)12-24(4)13-22(27)23-18-7-9-19(29-6)10-8-18/h7-11,16H,12-14H2,1-6H3,(H,23,27)/p+1/t16-/m0/s1. The number of carbonyl (C=O) groups is 2. The predicted molar refractivity (Wildman–Crippen MR) is 113 cm³/mol. The third kappa shape index (κ3) is 5.92. The number of rotatable bonds is 10. The van der Waals surface area contributed by atoms with Crippen molar-refractivity contribution in [3.8, 4) is 5.75 Å². The maximum atomic E-state index is 12.8. The SMILES string of the molecule is COC[C@H](C)n1c(C)cc(C(=O)C[NH+](C)CC(=O)Nc2ccc(OC)cc2)c1C. The van der Waals surface area contributed by atoms with Crippen LogP contribution in [0.1, 0.15) is 34.7 Å². The number of ketones is 1. The molecule has 1 amide bonds. The fraction of sp³-hybridized carbons (Fsp3) is 0.455. The minimum absolute atomic E-state index is 0.0312. The van der Waals surface area contributed by atoms with E-state index in [1.807, 2.05) is 27.0 Å². The molecular weight excluding hydrogens is 370 g/mol. The van der Waals surface area contributed by atoms with Gasteiger partial charge in [-0.05, 0) is 51.1 Å². The number of Topliss-reactive ketones (excluding diaryl/α,β-unsaturated/α-hetero) is 1. The fourth-order valence-electron chi connectivity index (χ4n) is 3.64. The molecule has 0 aliphatic rings. The third-order valence-corrected chi connectivity index (χ3v) is 4.93.